The third-order valence-electron chi connectivity index (χ3n) is 4.40. The van der Waals surface area contributed by atoms with Gasteiger partial charge in [0.1, 0.15) is 6.10 Å². The third kappa shape index (κ3) is 2.81. The second-order valence-corrected chi connectivity index (χ2v) is 5.61. The van der Waals surface area contributed by atoms with Crippen LogP contribution in [0, 0.1) is 5.92 Å². The van der Waals surface area contributed by atoms with Gasteiger partial charge in [0.2, 0.25) is 0 Å². The second kappa shape index (κ2) is 5.74. The van der Waals surface area contributed by atoms with Crippen molar-refractivity contribution in [2.75, 3.05) is 6.54 Å². The molecule has 0 radical (unpaired) electrons. The van der Waals surface area contributed by atoms with Gasteiger partial charge in [-0.3, -0.25) is 0 Å². The van der Waals surface area contributed by atoms with Crippen molar-refractivity contribution in [3.05, 3.63) is 35.9 Å². The normalized spacial score (nSPS) is 30.4. The summed E-state index contributed by atoms with van der Waals surface area (Å²) in [7, 11) is 0. The average Bonchev–Trinajstić information content (AvgIpc) is 2.48. The second-order valence-electron chi connectivity index (χ2n) is 5.61. The fraction of sp³-hybridized carbons (Fsp3) is 0.562. The highest BCUT2D eigenvalue weighted by Crippen LogP contribution is 2.32. The van der Waals surface area contributed by atoms with Crippen LogP contribution in [0.15, 0.2) is 30.3 Å². The molecule has 0 amide bonds. The maximum atomic E-state index is 12.1. The van der Waals surface area contributed by atoms with Crippen LogP contribution in [0.25, 0.3) is 0 Å². The number of carbonyl (C=O) groups excluding carboxylic acids is 1. The van der Waals surface area contributed by atoms with Gasteiger partial charge < -0.3 is 10.1 Å². The van der Waals surface area contributed by atoms with Crippen LogP contribution in [0.4, 0.5) is 0 Å². The number of hydrogen-bond donors (Lipinski definition) is 1. The number of nitrogens with one attached hydrogen (secondary N) is 1. The standard InChI is InChI=1S/C16H21NO2/c18-16(12-6-2-1-3-7-12)19-15-10-11-17-14-9-5-4-8-13(14)15/h1-3,6-7,13-15,17H,4-5,8-11H2/t13-,14+,15-/m0/s1. The van der Waals surface area contributed by atoms with E-state index in [-0.39, 0.29) is 12.1 Å². The SMILES string of the molecule is O=C(O[C@H]1CCN[C@@H]2CCCC[C@H]12)c1ccccc1. The lowest BCUT2D eigenvalue weighted by Gasteiger charge is -2.41. The predicted molar refractivity (Wildman–Crippen MR) is 74.0 cm³/mol. The molecule has 3 nitrogen and oxygen atoms in total. The number of ether oxygens (including phenoxy) is 1. The molecule has 1 N–H and O–H groups in total. The fourth-order valence-corrected chi connectivity index (χ4v) is 3.41. The molecule has 1 heterocycles. The molecule has 0 bridgehead atoms. The highest BCUT2D eigenvalue weighted by Gasteiger charge is 2.36. The van der Waals surface area contributed by atoms with E-state index < -0.39 is 0 Å². The van der Waals surface area contributed by atoms with Crippen LogP contribution < -0.4 is 5.32 Å². The number of benzene rings is 1. The molecule has 1 aliphatic heterocycles. The van der Waals surface area contributed by atoms with E-state index in [0.717, 1.165) is 13.0 Å². The molecule has 3 rings (SSSR count). The lowest BCUT2D eigenvalue weighted by atomic mass is 9.77. The Hall–Kier alpha value is -1.35. The van der Waals surface area contributed by atoms with Crippen molar-refractivity contribution in [1.82, 2.24) is 5.32 Å². The van der Waals surface area contributed by atoms with E-state index in [9.17, 15) is 4.79 Å². The zero-order valence-electron chi connectivity index (χ0n) is 11.2. The number of esters is 1. The Balaban J connectivity index is 1.66. The number of piperidine rings is 1. The first-order valence-electron chi connectivity index (χ1n) is 7.34. The highest BCUT2D eigenvalue weighted by molar-refractivity contribution is 5.89. The Morgan fingerprint density at radius 2 is 1.89 bits per heavy atom. The molecule has 19 heavy (non-hydrogen) atoms. The maximum absolute atomic E-state index is 12.1. The summed E-state index contributed by atoms with van der Waals surface area (Å²) in [5.41, 5.74) is 0.661. The van der Waals surface area contributed by atoms with Crippen molar-refractivity contribution >= 4 is 5.97 Å². The minimum absolute atomic E-state index is 0.0965. The molecule has 1 aromatic carbocycles. The fourth-order valence-electron chi connectivity index (χ4n) is 3.41. The number of carbonyl (C=O) groups is 1. The van der Waals surface area contributed by atoms with Gasteiger partial charge >= 0.3 is 5.97 Å². The van der Waals surface area contributed by atoms with Crippen molar-refractivity contribution in [2.24, 2.45) is 5.92 Å². The molecule has 1 aromatic rings. The summed E-state index contributed by atoms with van der Waals surface area (Å²) in [6, 6.07) is 9.86. The third-order valence-corrected chi connectivity index (χ3v) is 4.40. The van der Waals surface area contributed by atoms with E-state index in [4.69, 9.17) is 4.74 Å². The first kappa shape index (κ1) is 12.7. The average molecular weight is 259 g/mol. The Morgan fingerprint density at radius 1 is 1.11 bits per heavy atom. The molecule has 1 saturated carbocycles. The molecular weight excluding hydrogens is 238 g/mol. The van der Waals surface area contributed by atoms with Crippen LogP contribution in [-0.4, -0.2) is 24.7 Å². The van der Waals surface area contributed by atoms with Crippen molar-refractivity contribution in [2.45, 2.75) is 44.2 Å². The van der Waals surface area contributed by atoms with Crippen LogP contribution in [0.2, 0.25) is 0 Å². The molecule has 3 heteroatoms. The molecule has 0 spiro atoms. The smallest absolute Gasteiger partial charge is 0.338 e. The van der Waals surface area contributed by atoms with E-state index in [1.165, 1.54) is 25.7 Å². The Bertz CT molecular complexity index is 430. The summed E-state index contributed by atoms with van der Waals surface area (Å²) in [6.45, 7) is 0.966. The Morgan fingerprint density at radius 3 is 2.74 bits per heavy atom. The minimum atomic E-state index is -0.170. The summed E-state index contributed by atoms with van der Waals surface area (Å²) in [6.07, 6.45) is 6.02. The first-order valence-corrected chi connectivity index (χ1v) is 7.34. The monoisotopic (exact) mass is 259 g/mol. The molecule has 102 valence electrons. The molecule has 1 aliphatic carbocycles. The van der Waals surface area contributed by atoms with Crippen LogP contribution in [0.1, 0.15) is 42.5 Å². The van der Waals surface area contributed by atoms with Gasteiger partial charge in [0.25, 0.3) is 0 Å². The molecule has 2 fully saturated rings. The van der Waals surface area contributed by atoms with Gasteiger partial charge in [0.15, 0.2) is 0 Å². The number of fused-ring (bicyclic) bond motifs is 1. The van der Waals surface area contributed by atoms with Gasteiger partial charge in [-0.2, -0.15) is 0 Å². The lowest BCUT2D eigenvalue weighted by molar-refractivity contribution is -0.0135. The van der Waals surface area contributed by atoms with E-state index in [2.05, 4.69) is 5.32 Å². The molecule has 0 aromatic heterocycles. The van der Waals surface area contributed by atoms with Crippen molar-refractivity contribution in [3.8, 4) is 0 Å². The summed E-state index contributed by atoms with van der Waals surface area (Å²) < 4.78 is 5.77. The lowest BCUT2D eigenvalue weighted by Crippen LogP contribution is -2.51. The van der Waals surface area contributed by atoms with Crippen molar-refractivity contribution < 1.29 is 9.53 Å². The van der Waals surface area contributed by atoms with Gasteiger partial charge in [0, 0.05) is 12.0 Å². The van der Waals surface area contributed by atoms with Gasteiger partial charge in [-0.05, 0) is 37.9 Å². The van der Waals surface area contributed by atoms with Crippen LogP contribution >= 0.6 is 0 Å². The highest BCUT2D eigenvalue weighted by atomic mass is 16.5. The predicted octanol–water partition coefficient (Wildman–Crippen LogP) is 2.76. The Labute approximate surface area is 114 Å². The largest absolute Gasteiger partial charge is 0.458 e. The quantitative estimate of drug-likeness (QED) is 0.830. The topological polar surface area (TPSA) is 38.3 Å². The zero-order valence-corrected chi connectivity index (χ0v) is 11.2. The van der Waals surface area contributed by atoms with Crippen molar-refractivity contribution in [3.63, 3.8) is 0 Å². The van der Waals surface area contributed by atoms with E-state index >= 15 is 0 Å². The summed E-state index contributed by atoms with van der Waals surface area (Å²) in [5, 5.41) is 3.57. The minimum Gasteiger partial charge on any atom is -0.458 e. The zero-order chi connectivity index (χ0) is 13.1. The van der Waals surface area contributed by atoms with Crippen molar-refractivity contribution in [1.29, 1.82) is 0 Å². The van der Waals surface area contributed by atoms with E-state index in [1.54, 1.807) is 0 Å². The molecule has 2 aliphatic rings. The molecule has 1 saturated heterocycles. The van der Waals surface area contributed by atoms with E-state index in [1.807, 2.05) is 30.3 Å². The molecular formula is C16H21NO2. The molecule has 3 atom stereocenters. The molecule has 0 unspecified atom stereocenters. The van der Waals surface area contributed by atoms with Gasteiger partial charge in [0.05, 0.1) is 5.56 Å². The van der Waals surface area contributed by atoms with Gasteiger partial charge in [-0.15, -0.1) is 0 Å². The number of rotatable bonds is 2. The summed E-state index contributed by atoms with van der Waals surface area (Å²) in [5.74, 6) is 0.340. The number of hydrogen-bond acceptors (Lipinski definition) is 3. The van der Waals surface area contributed by atoms with Gasteiger partial charge in [-0.25, -0.2) is 4.79 Å². The van der Waals surface area contributed by atoms with Crippen LogP contribution in [-0.2, 0) is 4.74 Å². The maximum Gasteiger partial charge on any atom is 0.338 e. The van der Waals surface area contributed by atoms with Crippen LogP contribution in [0.5, 0.6) is 0 Å². The Kier molecular flexibility index (Phi) is 3.83. The first-order chi connectivity index (χ1) is 9.34. The summed E-state index contributed by atoms with van der Waals surface area (Å²) >= 11 is 0. The van der Waals surface area contributed by atoms with E-state index in [0.29, 0.717) is 17.5 Å². The summed E-state index contributed by atoms with van der Waals surface area (Å²) in [4.78, 5) is 12.1. The van der Waals surface area contributed by atoms with Crippen LogP contribution in [0.3, 0.4) is 0 Å². The van der Waals surface area contributed by atoms with Gasteiger partial charge in [-0.1, -0.05) is 31.0 Å².